The lowest BCUT2D eigenvalue weighted by Crippen LogP contribution is -2.40. The lowest BCUT2D eigenvalue weighted by atomic mass is 9.73. The Balaban J connectivity index is 2.12. The van der Waals surface area contributed by atoms with Crippen molar-refractivity contribution < 1.29 is 14.3 Å². The van der Waals surface area contributed by atoms with Crippen molar-refractivity contribution in [2.45, 2.75) is 18.8 Å². The Hall–Kier alpha value is -2.42. The summed E-state index contributed by atoms with van der Waals surface area (Å²) in [4.78, 5) is 25.3. The third-order valence-corrected chi connectivity index (χ3v) is 4.03. The SMILES string of the molecule is Cc1ccc([C@@]2(C(=O)c3ccccc3)CCOC2=O)cc1. The van der Waals surface area contributed by atoms with Crippen LogP contribution < -0.4 is 0 Å². The topological polar surface area (TPSA) is 43.4 Å². The van der Waals surface area contributed by atoms with Crippen LogP contribution in [-0.4, -0.2) is 18.4 Å². The monoisotopic (exact) mass is 280 g/mol. The molecule has 0 bridgehead atoms. The molecule has 0 aromatic heterocycles. The molecule has 3 heteroatoms. The number of benzene rings is 2. The van der Waals surface area contributed by atoms with E-state index < -0.39 is 11.4 Å². The van der Waals surface area contributed by atoms with Gasteiger partial charge in [-0.2, -0.15) is 0 Å². The van der Waals surface area contributed by atoms with Crippen molar-refractivity contribution in [3.63, 3.8) is 0 Å². The van der Waals surface area contributed by atoms with Crippen LogP contribution in [0.4, 0.5) is 0 Å². The highest BCUT2D eigenvalue weighted by Gasteiger charge is 2.52. The number of esters is 1. The van der Waals surface area contributed by atoms with Gasteiger partial charge in [0, 0.05) is 12.0 Å². The third kappa shape index (κ3) is 2.15. The molecular formula is C18H16O3. The minimum Gasteiger partial charge on any atom is -0.465 e. The van der Waals surface area contributed by atoms with Gasteiger partial charge in [0.2, 0.25) is 0 Å². The molecule has 2 aromatic rings. The average molecular weight is 280 g/mol. The van der Waals surface area contributed by atoms with E-state index in [9.17, 15) is 9.59 Å². The molecule has 3 rings (SSSR count). The maximum Gasteiger partial charge on any atom is 0.324 e. The second-order valence-electron chi connectivity index (χ2n) is 5.35. The van der Waals surface area contributed by atoms with Gasteiger partial charge in [-0.15, -0.1) is 0 Å². The number of ketones is 1. The normalized spacial score (nSPS) is 21.1. The van der Waals surface area contributed by atoms with Gasteiger partial charge in [0.25, 0.3) is 0 Å². The van der Waals surface area contributed by atoms with E-state index in [2.05, 4.69) is 0 Å². The van der Waals surface area contributed by atoms with Crippen molar-refractivity contribution in [3.8, 4) is 0 Å². The summed E-state index contributed by atoms with van der Waals surface area (Å²) in [5.41, 5.74) is 1.14. The highest BCUT2D eigenvalue weighted by Crippen LogP contribution is 2.37. The fraction of sp³-hybridized carbons (Fsp3) is 0.222. The van der Waals surface area contributed by atoms with Crippen LogP contribution in [0.1, 0.15) is 27.9 Å². The number of carbonyl (C=O) groups is 2. The van der Waals surface area contributed by atoms with Gasteiger partial charge in [0.15, 0.2) is 11.2 Å². The summed E-state index contributed by atoms with van der Waals surface area (Å²) in [6.45, 7) is 2.26. The van der Waals surface area contributed by atoms with Crippen molar-refractivity contribution >= 4 is 11.8 Å². The number of cyclic esters (lactones) is 1. The zero-order chi connectivity index (χ0) is 14.9. The molecule has 3 nitrogen and oxygen atoms in total. The molecule has 1 aliphatic rings. The molecule has 0 unspecified atom stereocenters. The molecule has 0 spiro atoms. The Morgan fingerprint density at radius 3 is 2.29 bits per heavy atom. The van der Waals surface area contributed by atoms with Crippen LogP contribution in [0.3, 0.4) is 0 Å². The van der Waals surface area contributed by atoms with Gasteiger partial charge in [0.05, 0.1) is 6.61 Å². The molecule has 0 N–H and O–H groups in total. The number of carbonyl (C=O) groups excluding carboxylic acids is 2. The highest BCUT2D eigenvalue weighted by atomic mass is 16.5. The molecule has 1 atom stereocenters. The maximum absolute atomic E-state index is 13.0. The molecule has 106 valence electrons. The summed E-state index contributed by atoms with van der Waals surface area (Å²) >= 11 is 0. The zero-order valence-electron chi connectivity index (χ0n) is 11.8. The number of hydrogen-bond donors (Lipinski definition) is 0. The standard InChI is InChI=1S/C18H16O3/c1-13-7-9-15(10-8-13)18(11-12-21-17(18)20)16(19)14-5-3-2-4-6-14/h2-10H,11-12H2,1H3/t18-/m1/s1. The van der Waals surface area contributed by atoms with Crippen LogP contribution in [0, 0.1) is 6.92 Å². The van der Waals surface area contributed by atoms with Crippen LogP contribution in [0.15, 0.2) is 54.6 Å². The number of hydrogen-bond acceptors (Lipinski definition) is 3. The predicted molar refractivity (Wildman–Crippen MR) is 79.2 cm³/mol. The Morgan fingerprint density at radius 1 is 1.05 bits per heavy atom. The lowest BCUT2D eigenvalue weighted by Gasteiger charge is -2.24. The summed E-state index contributed by atoms with van der Waals surface area (Å²) in [5, 5.41) is 0. The molecule has 1 aliphatic heterocycles. The van der Waals surface area contributed by atoms with Crippen LogP contribution in [0.2, 0.25) is 0 Å². The van der Waals surface area contributed by atoms with Gasteiger partial charge in [-0.1, -0.05) is 60.2 Å². The molecule has 1 saturated heterocycles. The van der Waals surface area contributed by atoms with Crippen molar-refractivity contribution in [1.29, 1.82) is 0 Å². The first-order valence-corrected chi connectivity index (χ1v) is 6.99. The predicted octanol–water partition coefficient (Wildman–Crippen LogP) is 3.06. The molecular weight excluding hydrogens is 264 g/mol. The fourth-order valence-electron chi connectivity index (χ4n) is 2.80. The molecule has 0 radical (unpaired) electrons. The summed E-state index contributed by atoms with van der Waals surface area (Å²) in [7, 11) is 0. The van der Waals surface area contributed by atoms with Crippen LogP contribution in [0.25, 0.3) is 0 Å². The Labute approximate surface area is 123 Å². The molecule has 1 fully saturated rings. The van der Waals surface area contributed by atoms with Crippen molar-refractivity contribution in [1.82, 2.24) is 0 Å². The van der Waals surface area contributed by atoms with E-state index >= 15 is 0 Å². The Morgan fingerprint density at radius 2 is 1.71 bits per heavy atom. The lowest BCUT2D eigenvalue weighted by molar-refractivity contribution is -0.141. The second kappa shape index (κ2) is 5.17. The third-order valence-electron chi connectivity index (χ3n) is 4.03. The van der Waals surface area contributed by atoms with Crippen LogP contribution >= 0.6 is 0 Å². The number of Topliss-reactive ketones (excluding diaryl/α,β-unsaturated/α-hetero) is 1. The highest BCUT2D eigenvalue weighted by molar-refractivity contribution is 6.18. The first kappa shape index (κ1) is 13.6. The summed E-state index contributed by atoms with van der Waals surface area (Å²) in [6.07, 6.45) is 0.391. The molecule has 21 heavy (non-hydrogen) atoms. The zero-order valence-corrected chi connectivity index (χ0v) is 11.8. The average Bonchev–Trinajstić information content (AvgIpc) is 2.91. The summed E-state index contributed by atoms with van der Waals surface area (Å²) < 4.78 is 5.14. The van der Waals surface area contributed by atoms with Gasteiger partial charge in [-0.25, -0.2) is 0 Å². The first-order valence-electron chi connectivity index (χ1n) is 6.99. The molecule has 1 heterocycles. The Kier molecular flexibility index (Phi) is 3.34. The first-order chi connectivity index (χ1) is 10.1. The van der Waals surface area contributed by atoms with E-state index in [0.29, 0.717) is 17.5 Å². The smallest absolute Gasteiger partial charge is 0.324 e. The Bertz CT molecular complexity index is 673. The van der Waals surface area contributed by atoms with Gasteiger partial charge in [-0.3, -0.25) is 9.59 Å². The van der Waals surface area contributed by atoms with Gasteiger partial charge in [-0.05, 0) is 12.5 Å². The number of ether oxygens (including phenoxy) is 1. The van der Waals surface area contributed by atoms with Crippen molar-refractivity contribution in [2.75, 3.05) is 6.61 Å². The largest absolute Gasteiger partial charge is 0.465 e. The van der Waals surface area contributed by atoms with E-state index in [1.54, 1.807) is 24.3 Å². The van der Waals surface area contributed by atoms with E-state index in [0.717, 1.165) is 5.56 Å². The number of rotatable bonds is 3. The summed E-state index contributed by atoms with van der Waals surface area (Å²) in [5.74, 6) is -0.630. The van der Waals surface area contributed by atoms with Gasteiger partial charge in [0.1, 0.15) is 0 Å². The molecule has 0 aliphatic carbocycles. The van der Waals surface area contributed by atoms with Crippen LogP contribution in [0.5, 0.6) is 0 Å². The molecule has 2 aromatic carbocycles. The van der Waals surface area contributed by atoms with E-state index in [1.807, 2.05) is 37.3 Å². The maximum atomic E-state index is 13.0. The van der Waals surface area contributed by atoms with Crippen LogP contribution in [-0.2, 0) is 14.9 Å². The number of aryl methyl sites for hydroxylation is 1. The summed E-state index contributed by atoms with van der Waals surface area (Å²) in [6, 6.07) is 16.5. The fourth-order valence-corrected chi connectivity index (χ4v) is 2.80. The molecule has 0 saturated carbocycles. The van der Waals surface area contributed by atoms with Crippen molar-refractivity contribution in [3.05, 3.63) is 71.3 Å². The minimum absolute atomic E-state index is 0.186. The minimum atomic E-state index is -1.20. The second-order valence-corrected chi connectivity index (χ2v) is 5.35. The van der Waals surface area contributed by atoms with E-state index in [1.165, 1.54) is 0 Å². The van der Waals surface area contributed by atoms with E-state index in [4.69, 9.17) is 4.74 Å². The van der Waals surface area contributed by atoms with E-state index in [-0.39, 0.29) is 12.4 Å². The van der Waals surface area contributed by atoms with Crippen molar-refractivity contribution in [2.24, 2.45) is 0 Å². The van der Waals surface area contributed by atoms with Gasteiger partial charge < -0.3 is 4.74 Å². The molecule has 0 amide bonds. The van der Waals surface area contributed by atoms with Gasteiger partial charge >= 0.3 is 5.97 Å². The quantitative estimate of drug-likeness (QED) is 0.493.